The molecule has 2 aromatic carbocycles. The van der Waals surface area contributed by atoms with Crippen LogP contribution in [0.1, 0.15) is 18.4 Å². The Morgan fingerprint density at radius 2 is 1.97 bits per heavy atom. The van der Waals surface area contributed by atoms with E-state index in [1.165, 1.54) is 21.2 Å². The minimum atomic E-state index is -3.66. The first kappa shape index (κ1) is 21.3. The van der Waals surface area contributed by atoms with E-state index in [-0.39, 0.29) is 10.1 Å². The molecule has 1 aliphatic rings. The number of carbonyl (C=O) groups is 1. The molecule has 4 aromatic rings. The van der Waals surface area contributed by atoms with Crippen LogP contribution >= 0.6 is 22.7 Å². The predicted molar refractivity (Wildman–Crippen MR) is 130 cm³/mol. The monoisotopic (exact) mass is 483 g/mol. The van der Waals surface area contributed by atoms with Crippen LogP contribution in [-0.4, -0.2) is 36.2 Å². The zero-order valence-corrected chi connectivity index (χ0v) is 19.8. The Hall–Kier alpha value is -2.59. The fourth-order valence-corrected chi connectivity index (χ4v) is 7.74. The molecule has 0 bridgehead atoms. The van der Waals surface area contributed by atoms with Crippen molar-refractivity contribution in [2.75, 3.05) is 11.9 Å². The second-order valence-electron chi connectivity index (χ2n) is 7.76. The number of thiophene rings is 1. The van der Waals surface area contributed by atoms with Gasteiger partial charge in [0.2, 0.25) is 5.91 Å². The van der Waals surface area contributed by atoms with Crippen LogP contribution in [0.15, 0.2) is 64.2 Å². The smallest absolute Gasteiger partial charge is 0.253 e. The van der Waals surface area contributed by atoms with Gasteiger partial charge in [0, 0.05) is 17.8 Å². The summed E-state index contributed by atoms with van der Waals surface area (Å²) in [4.78, 5) is 17.6. The summed E-state index contributed by atoms with van der Waals surface area (Å²) in [5.41, 5.74) is 3.79. The van der Waals surface area contributed by atoms with E-state index in [1.807, 2.05) is 30.3 Å². The number of hydrogen-bond donors (Lipinski definition) is 1. The molecule has 0 spiro atoms. The van der Waals surface area contributed by atoms with E-state index in [4.69, 9.17) is 4.98 Å². The topological polar surface area (TPSA) is 79.4 Å². The van der Waals surface area contributed by atoms with Crippen LogP contribution in [0.5, 0.6) is 0 Å². The average Bonchev–Trinajstić information content (AvgIpc) is 3.54. The quantitative estimate of drug-likeness (QED) is 0.427. The van der Waals surface area contributed by atoms with E-state index in [1.54, 1.807) is 28.8 Å². The lowest BCUT2D eigenvalue weighted by Gasteiger charge is -2.22. The largest absolute Gasteiger partial charge is 0.325 e. The summed E-state index contributed by atoms with van der Waals surface area (Å²) in [6, 6.07) is 16.3. The van der Waals surface area contributed by atoms with Crippen LogP contribution in [0.3, 0.4) is 0 Å². The van der Waals surface area contributed by atoms with Gasteiger partial charge in [-0.15, -0.1) is 22.7 Å². The highest BCUT2D eigenvalue weighted by Gasteiger charge is 2.39. The molecule has 6 nitrogen and oxygen atoms in total. The van der Waals surface area contributed by atoms with Crippen LogP contribution < -0.4 is 5.32 Å². The lowest BCUT2D eigenvalue weighted by molar-refractivity contribution is -0.119. The van der Waals surface area contributed by atoms with Gasteiger partial charge >= 0.3 is 0 Å². The molecule has 0 radical (unpaired) electrons. The van der Waals surface area contributed by atoms with Crippen molar-refractivity contribution in [2.24, 2.45) is 0 Å². The van der Waals surface area contributed by atoms with Crippen molar-refractivity contribution >= 4 is 54.5 Å². The number of sulfonamides is 1. The summed E-state index contributed by atoms with van der Waals surface area (Å²) in [7, 11) is -3.66. The number of nitrogens with zero attached hydrogens (tertiary/aromatic N) is 2. The lowest BCUT2D eigenvalue weighted by atomic mass is 10.2. The van der Waals surface area contributed by atoms with Crippen LogP contribution in [0.25, 0.3) is 20.8 Å². The number of nitrogens with one attached hydrogen (secondary N) is 1. The molecule has 164 valence electrons. The van der Waals surface area contributed by atoms with Gasteiger partial charge in [0.05, 0.1) is 10.2 Å². The molecule has 3 heterocycles. The number of aromatic nitrogens is 1. The van der Waals surface area contributed by atoms with Crippen molar-refractivity contribution in [1.82, 2.24) is 9.29 Å². The minimum absolute atomic E-state index is 0.271. The molecule has 2 aromatic heterocycles. The summed E-state index contributed by atoms with van der Waals surface area (Å²) in [6.07, 6.45) is 1.18. The first-order valence-corrected chi connectivity index (χ1v) is 13.4. The Morgan fingerprint density at radius 3 is 2.72 bits per heavy atom. The van der Waals surface area contributed by atoms with E-state index in [0.29, 0.717) is 25.1 Å². The second kappa shape index (κ2) is 8.40. The van der Waals surface area contributed by atoms with E-state index in [9.17, 15) is 13.2 Å². The molecule has 5 rings (SSSR count). The van der Waals surface area contributed by atoms with Crippen LogP contribution in [0.4, 0.5) is 5.69 Å². The van der Waals surface area contributed by atoms with Crippen molar-refractivity contribution in [2.45, 2.75) is 30.0 Å². The number of benzene rings is 2. The van der Waals surface area contributed by atoms with Gasteiger partial charge in [-0.25, -0.2) is 13.4 Å². The Labute approximate surface area is 194 Å². The molecule has 1 saturated heterocycles. The maximum Gasteiger partial charge on any atom is 0.253 e. The van der Waals surface area contributed by atoms with Gasteiger partial charge in [-0.2, -0.15) is 4.31 Å². The molecule has 0 saturated carbocycles. The fraction of sp³-hybridized carbons (Fsp3) is 0.217. The molecule has 1 atom stereocenters. The van der Waals surface area contributed by atoms with E-state index >= 15 is 0 Å². The number of anilines is 1. The fourth-order valence-electron chi connectivity index (χ4n) is 3.89. The Morgan fingerprint density at radius 1 is 1.16 bits per heavy atom. The normalized spacial score (nSPS) is 17.1. The van der Waals surface area contributed by atoms with Gasteiger partial charge in [-0.1, -0.05) is 12.1 Å². The number of aryl methyl sites for hydroxylation is 1. The molecule has 9 heteroatoms. The molecule has 0 aliphatic carbocycles. The summed E-state index contributed by atoms with van der Waals surface area (Å²) in [6.45, 7) is 2.42. The second-order valence-corrected chi connectivity index (χ2v) is 11.9. The number of amides is 1. The first-order chi connectivity index (χ1) is 15.4. The zero-order chi connectivity index (χ0) is 22.3. The van der Waals surface area contributed by atoms with Gasteiger partial charge in [0.15, 0.2) is 0 Å². The number of fused-ring (bicyclic) bond motifs is 1. The Balaban J connectivity index is 1.32. The number of rotatable bonds is 5. The highest BCUT2D eigenvalue weighted by atomic mass is 32.2. The zero-order valence-electron chi connectivity index (χ0n) is 17.3. The molecule has 1 unspecified atom stereocenters. The molecule has 1 fully saturated rings. The maximum absolute atomic E-state index is 12.9. The van der Waals surface area contributed by atoms with Crippen LogP contribution in [0.2, 0.25) is 0 Å². The number of carbonyl (C=O) groups excluding carboxylic acids is 1. The molecular formula is C23H21N3O3S3. The molecule has 32 heavy (non-hydrogen) atoms. The summed E-state index contributed by atoms with van der Waals surface area (Å²) < 4.78 is 28.6. The van der Waals surface area contributed by atoms with Crippen molar-refractivity contribution < 1.29 is 13.2 Å². The SMILES string of the molecule is Cc1ccc2nc(-c3ccc(NC(=O)C4CCCN4S(=O)(=O)c4cccs4)cc3)sc2c1. The van der Waals surface area contributed by atoms with Crippen LogP contribution in [-0.2, 0) is 14.8 Å². The first-order valence-electron chi connectivity index (χ1n) is 10.3. The van der Waals surface area contributed by atoms with Crippen molar-refractivity contribution in [3.8, 4) is 10.6 Å². The summed E-state index contributed by atoms with van der Waals surface area (Å²) >= 11 is 2.81. The van der Waals surface area contributed by atoms with E-state index < -0.39 is 16.1 Å². The molecule has 1 amide bonds. The van der Waals surface area contributed by atoms with Gasteiger partial charge in [0.25, 0.3) is 10.0 Å². The van der Waals surface area contributed by atoms with Gasteiger partial charge in [0.1, 0.15) is 15.3 Å². The summed E-state index contributed by atoms with van der Waals surface area (Å²) in [5.74, 6) is -0.300. The number of thiazole rings is 1. The van der Waals surface area contributed by atoms with Crippen molar-refractivity contribution in [3.05, 3.63) is 65.5 Å². The third-order valence-electron chi connectivity index (χ3n) is 5.51. The van der Waals surface area contributed by atoms with E-state index in [2.05, 4.69) is 24.4 Å². The molecule has 1 aliphatic heterocycles. The van der Waals surface area contributed by atoms with Crippen molar-refractivity contribution in [3.63, 3.8) is 0 Å². The average molecular weight is 484 g/mol. The molecular weight excluding hydrogens is 462 g/mol. The Kier molecular flexibility index (Phi) is 5.58. The van der Waals surface area contributed by atoms with E-state index in [0.717, 1.165) is 20.8 Å². The van der Waals surface area contributed by atoms with Gasteiger partial charge in [-0.3, -0.25) is 4.79 Å². The number of hydrogen-bond acceptors (Lipinski definition) is 6. The summed E-state index contributed by atoms with van der Waals surface area (Å²) in [5, 5.41) is 5.54. The minimum Gasteiger partial charge on any atom is -0.325 e. The lowest BCUT2D eigenvalue weighted by Crippen LogP contribution is -2.42. The third-order valence-corrected chi connectivity index (χ3v) is 9.86. The maximum atomic E-state index is 12.9. The van der Waals surface area contributed by atoms with Gasteiger partial charge in [-0.05, 0) is 73.2 Å². The molecule has 1 N–H and O–H groups in total. The van der Waals surface area contributed by atoms with Crippen molar-refractivity contribution in [1.29, 1.82) is 0 Å². The third kappa shape index (κ3) is 3.97. The Bertz CT molecular complexity index is 1380. The van der Waals surface area contributed by atoms with Crippen LogP contribution in [0, 0.1) is 6.92 Å². The standard InChI is InChI=1S/C23H21N3O3S3/c1-15-6-11-18-20(14-15)31-23(25-18)16-7-9-17(10-8-16)24-22(27)19-4-2-12-26(19)32(28,29)21-5-3-13-30-21/h3,5-11,13-14,19H,2,4,12H2,1H3,(H,24,27). The highest BCUT2D eigenvalue weighted by Crippen LogP contribution is 2.32. The predicted octanol–water partition coefficient (Wildman–Crippen LogP) is 5.13. The highest BCUT2D eigenvalue weighted by molar-refractivity contribution is 7.91. The van der Waals surface area contributed by atoms with Gasteiger partial charge < -0.3 is 5.32 Å².